The predicted octanol–water partition coefficient (Wildman–Crippen LogP) is 4.36. The van der Waals surface area contributed by atoms with Crippen LogP contribution in [0.3, 0.4) is 0 Å². The molecule has 0 radical (unpaired) electrons. The maximum Gasteiger partial charge on any atom is 0.258 e. The van der Waals surface area contributed by atoms with Crippen LogP contribution >= 0.6 is 11.6 Å². The molecule has 0 unspecified atom stereocenters. The number of nitrogens with zero attached hydrogens (tertiary/aromatic N) is 1. The van der Waals surface area contributed by atoms with Crippen LogP contribution in [0.15, 0.2) is 36.4 Å². The second-order valence-corrected chi connectivity index (χ2v) is 7.62. The fraction of sp³-hybridized carbons (Fsp3) is 0.364. The van der Waals surface area contributed by atoms with Gasteiger partial charge in [-0.1, -0.05) is 29.8 Å². The fourth-order valence-corrected chi connectivity index (χ4v) is 3.61. The summed E-state index contributed by atoms with van der Waals surface area (Å²) in [6.45, 7) is 4.46. The van der Waals surface area contributed by atoms with Crippen molar-refractivity contribution in [3.05, 3.63) is 63.9 Å². The Labute approximate surface area is 174 Å². The molecule has 154 valence electrons. The number of ether oxygens (including phenoxy) is 1. The van der Waals surface area contributed by atoms with Crippen LogP contribution in [0.25, 0.3) is 0 Å². The summed E-state index contributed by atoms with van der Waals surface area (Å²) in [4.78, 5) is 27.0. The van der Waals surface area contributed by atoms with Crippen LogP contribution in [0.4, 0.5) is 10.1 Å². The molecule has 1 saturated heterocycles. The highest BCUT2D eigenvalue weighted by Gasteiger charge is 2.28. The first-order chi connectivity index (χ1) is 13.9. The summed E-state index contributed by atoms with van der Waals surface area (Å²) in [7, 11) is 0. The Kier molecular flexibility index (Phi) is 6.87. The molecule has 2 aromatic carbocycles. The molecule has 1 fully saturated rings. The zero-order valence-electron chi connectivity index (χ0n) is 16.5. The van der Waals surface area contributed by atoms with E-state index in [1.165, 1.54) is 23.1 Å². The molecule has 1 atom stereocenters. The molecule has 1 N–H and O–H groups in total. The first kappa shape index (κ1) is 21.3. The molecule has 0 spiro atoms. The van der Waals surface area contributed by atoms with Gasteiger partial charge in [0.25, 0.3) is 5.91 Å². The smallest absolute Gasteiger partial charge is 0.258 e. The van der Waals surface area contributed by atoms with Crippen molar-refractivity contribution in [2.75, 3.05) is 25.0 Å². The number of carbonyl (C=O) groups is 2. The maximum atomic E-state index is 14.3. The highest BCUT2D eigenvalue weighted by molar-refractivity contribution is 6.33. The van der Waals surface area contributed by atoms with Crippen molar-refractivity contribution in [2.45, 2.75) is 32.8 Å². The molecular weight excluding hydrogens is 395 g/mol. The van der Waals surface area contributed by atoms with E-state index in [1.807, 2.05) is 26.0 Å². The monoisotopic (exact) mass is 418 g/mol. The quantitative estimate of drug-likeness (QED) is 0.758. The number of carbonyl (C=O) groups excluding carboxylic acids is 2. The lowest BCUT2D eigenvalue weighted by Gasteiger charge is -2.26. The molecular formula is C22H24ClFN2O3. The molecule has 0 bridgehead atoms. The van der Waals surface area contributed by atoms with E-state index in [0.717, 1.165) is 24.0 Å². The normalized spacial score (nSPS) is 15.9. The third-order valence-electron chi connectivity index (χ3n) is 5.13. The van der Waals surface area contributed by atoms with Gasteiger partial charge in [0, 0.05) is 18.8 Å². The van der Waals surface area contributed by atoms with E-state index in [1.54, 1.807) is 6.07 Å². The van der Waals surface area contributed by atoms with Gasteiger partial charge in [-0.25, -0.2) is 4.39 Å². The Morgan fingerprint density at radius 3 is 2.69 bits per heavy atom. The van der Waals surface area contributed by atoms with Gasteiger partial charge in [0.1, 0.15) is 12.4 Å². The summed E-state index contributed by atoms with van der Waals surface area (Å²) < 4.78 is 19.9. The zero-order valence-corrected chi connectivity index (χ0v) is 17.3. The van der Waals surface area contributed by atoms with Gasteiger partial charge in [-0.2, -0.15) is 0 Å². The standard InChI is InChI=1S/C22H24ClFN2O3/c1-14-6-3-10-19(15(14)2)25-20(27)13-26(12-16-7-5-11-29-16)22(28)21-17(23)8-4-9-18(21)24/h3-4,6,8-10,16H,5,7,11-13H2,1-2H3,(H,25,27)/t16-/m0/s1. The van der Waals surface area contributed by atoms with E-state index in [0.29, 0.717) is 12.3 Å². The van der Waals surface area contributed by atoms with Gasteiger partial charge in [0.05, 0.1) is 16.7 Å². The Bertz CT molecular complexity index is 893. The summed E-state index contributed by atoms with van der Waals surface area (Å²) in [5.41, 5.74) is 2.46. The summed E-state index contributed by atoms with van der Waals surface area (Å²) in [5, 5.41) is 2.86. The second-order valence-electron chi connectivity index (χ2n) is 7.21. The molecule has 29 heavy (non-hydrogen) atoms. The average Bonchev–Trinajstić information content (AvgIpc) is 3.18. The van der Waals surface area contributed by atoms with Crippen molar-refractivity contribution in [1.82, 2.24) is 4.90 Å². The molecule has 7 heteroatoms. The van der Waals surface area contributed by atoms with Gasteiger partial charge in [-0.05, 0) is 56.0 Å². The van der Waals surface area contributed by atoms with E-state index >= 15 is 0 Å². The minimum absolute atomic E-state index is 0.0160. The first-order valence-electron chi connectivity index (χ1n) is 9.57. The van der Waals surface area contributed by atoms with Gasteiger partial charge >= 0.3 is 0 Å². The number of hydrogen-bond donors (Lipinski definition) is 1. The highest BCUT2D eigenvalue weighted by Crippen LogP contribution is 2.23. The van der Waals surface area contributed by atoms with Crippen LogP contribution in [-0.2, 0) is 9.53 Å². The molecule has 0 aliphatic carbocycles. The van der Waals surface area contributed by atoms with E-state index in [9.17, 15) is 14.0 Å². The molecule has 0 aromatic heterocycles. The highest BCUT2D eigenvalue weighted by atomic mass is 35.5. The molecule has 3 rings (SSSR count). The second kappa shape index (κ2) is 9.37. The van der Waals surface area contributed by atoms with Gasteiger partial charge < -0.3 is 15.0 Å². The average molecular weight is 419 g/mol. The van der Waals surface area contributed by atoms with Crippen LogP contribution < -0.4 is 5.32 Å². The largest absolute Gasteiger partial charge is 0.376 e. The number of benzene rings is 2. The van der Waals surface area contributed by atoms with Crippen molar-refractivity contribution in [1.29, 1.82) is 0 Å². The van der Waals surface area contributed by atoms with Gasteiger partial charge in [0.15, 0.2) is 0 Å². The number of aryl methyl sites for hydroxylation is 1. The van der Waals surface area contributed by atoms with Crippen LogP contribution in [-0.4, -0.2) is 42.5 Å². The van der Waals surface area contributed by atoms with E-state index < -0.39 is 11.7 Å². The van der Waals surface area contributed by atoms with Crippen molar-refractivity contribution in [3.8, 4) is 0 Å². The van der Waals surface area contributed by atoms with Gasteiger partial charge in [-0.15, -0.1) is 0 Å². The number of anilines is 1. The molecule has 2 aromatic rings. The summed E-state index contributed by atoms with van der Waals surface area (Å²) in [5.74, 6) is -1.70. The summed E-state index contributed by atoms with van der Waals surface area (Å²) in [6.07, 6.45) is 1.49. The Hall–Kier alpha value is -2.44. The van der Waals surface area contributed by atoms with Crippen LogP contribution in [0.5, 0.6) is 0 Å². The van der Waals surface area contributed by atoms with Crippen LogP contribution in [0.2, 0.25) is 5.02 Å². The molecule has 5 nitrogen and oxygen atoms in total. The third kappa shape index (κ3) is 5.14. The minimum Gasteiger partial charge on any atom is -0.376 e. The minimum atomic E-state index is -0.713. The number of rotatable bonds is 6. The Morgan fingerprint density at radius 2 is 2.00 bits per heavy atom. The Morgan fingerprint density at radius 1 is 1.24 bits per heavy atom. The lowest BCUT2D eigenvalue weighted by molar-refractivity contribution is -0.117. The zero-order chi connectivity index (χ0) is 21.0. The van der Waals surface area contributed by atoms with Crippen molar-refractivity contribution in [3.63, 3.8) is 0 Å². The number of nitrogens with one attached hydrogen (secondary N) is 1. The Balaban J connectivity index is 1.80. The number of amides is 2. The van der Waals surface area contributed by atoms with Gasteiger partial charge in [0.2, 0.25) is 5.91 Å². The van der Waals surface area contributed by atoms with E-state index in [2.05, 4.69) is 5.32 Å². The summed E-state index contributed by atoms with van der Waals surface area (Å²) in [6, 6.07) is 9.69. The first-order valence-corrected chi connectivity index (χ1v) is 9.95. The number of halogens is 2. The van der Waals surface area contributed by atoms with Crippen LogP contribution in [0.1, 0.15) is 34.3 Å². The van der Waals surface area contributed by atoms with Gasteiger partial charge in [-0.3, -0.25) is 9.59 Å². The predicted molar refractivity (Wildman–Crippen MR) is 111 cm³/mol. The molecule has 0 saturated carbocycles. The number of hydrogen-bond acceptors (Lipinski definition) is 3. The molecule has 1 aliphatic rings. The lowest BCUT2D eigenvalue weighted by atomic mass is 10.1. The third-order valence-corrected chi connectivity index (χ3v) is 5.44. The van der Waals surface area contributed by atoms with Crippen molar-refractivity contribution >= 4 is 29.1 Å². The van der Waals surface area contributed by atoms with E-state index in [-0.39, 0.29) is 35.7 Å². The summed E-state index contributed by atoms with van der Waals surface area (Å²) >= 11 is 6.07. The van der Waals surface area contributed by atoms with E-state index in [4.69, 9.17) is 16.3 Å². The SMILES string of the molecule is Cc1cccc(NC(=O)CN(C[C@@H]2CCCO2)C(=O)c2c(F)cccc2Cl)c1C. The molecule has 1 aliphatic heterocycles. The fourth-order valence-electron chi connectivity index (χ4n) is 3.36. The molecule has 1 heterocycles. The maximum absolute atomic E-state index is 14.3. The van der Waals surface area contributed by atoms with Crippen LogP contribution in [0, 0.1) is 19.7 Å². The topological polar surface area (TPSA) is 58.6 Å². The molecule has 2 amide bonds. The lowest BCUT2D eigenvalue weighted by Crippen LogP contribution is -2.42. The van der Waals surface area contributed by atoms with Crippen molar-refractivity contribution in [2.24, 2.45) is 0 Å². The van der Waals surface area contributed by atoms with Crippen molar-refractivity contribution < 1.29 is 18.7 Å².